The van der Waals surface area contributed by atoms with E-state index < -0.39 is 0 Å². The molecule has 0 radical (unpaired) electrons. The van der Waals surface area contributed by atoms with Crippen molar-refractivity contribution in [3.63, 3.8) is 0 Å². The number of quaternary nitrogens is 1. The Morgan fingerprint density at radius 2 is 2.06 bits per heavy atom. The Morgan fingerprint density at radius 1 is 1.39 bits per heavy atom. The number of hydrogen-bond acceptors (Lipinski definition) is 3. The SMILES string of the molecule is CC(=O)c1c[nH]c(C(=O)NN2CC[NH+](C)CC2)c1. The topological polar surface area (TPSA) is 69.6 Å². The lowest BCUT2D eigenvalue weighted by Gasteiger charge is -2.29. The summed E-state index contributed by atoms with van der Waals surface area (Å²) in [5.74, 6) is -0.240. The van der Waals surface area contributed by atoms with Gasteiger partial charge in [0, 0.05) is 11.8 Å². The molecule has 0 unspecified atom stereocenters. The van der Waals surface area contributed by atoms with Crippen molar-refractivity contribution in [2.75, 3.05) is 33.2 Å². The minimum absolute atomic E-state index is 0.0477. The molecular weight excluding hydrogens is 232 g/mol. The number of nitrogens with zero attached hydrogens (tertiary/aromatic N) is 1. The predicted molar refractivity (Wildman–Crippen MR) is 66.5 cm³/mol. The lowest BCUT2D eigenvalue weighted by molar-refractivity contribution is -0.884. The summed E-state index contributed by atoms with van der Waals surface area (Å²) in [6, 6.07) is 1.58. The van der Waals surface area contributed by atoms with Crippen molar-refractivity contribution in [2.45, 2.75) is 6.92 Å². The zero-order valence-electron chi connectivity index (χ0n) is 10.7. The normalized spacial score (nSPS) is 17.7. The van der Waals surface area contributed by atoms with Crippen LogP contribution in [0.15, 0.2) is 12.3 Å². The fourth-order valence-corrected chi connectivity index (χ4v) is 1.93. The number of hydrazine groups is 1. The van der Waals surface area contributed by atoms with Crippen LogP contribution in [0.1, 0.15) is 27.8 Å². The molecule has 6 nitrogen and oxygen atoms in total. The van der Waals surface area contributed by atoms with Gasteiger partial charge in [0.15, 0.2) is 5.78 Å². The molecule has 0 bridgehead atoms. The summed E-state index contributed by atoms with van der Waals surface area (Å²) in [6.07, 6.45) is 1.56. The fraction of sp³-hybridized carbons (Fsp3) is 0.500. The molecule has 1 aliphatic heterocycles. The molecule has 0 aliphatic carbocycles. The van der Waals surface area contributed by atoms with Gasteiger partial charge in [-0.3, -0.25) is 15.0 Å². The predicted octanol–water partition coefficient (Wildman–Crippen LogP) is -1.31. The highest BCUT2D eigenvalue weighted by molar-refractivity contribution is 5.98. The van der Waals surface area contributed by atoms with Crippen molar-refractivity contribution in [3.05, 3.63) is 23.5 Å². The first kappa shape index (κ1) is 12.8. The van der Waals surface area contributed by atoms with Gasteiger partial charge in [-0.2, -0.15) is 0 Å². The van der Waals surface area contributed by atoms with Gasteiger partial charge in [0.25, 0.3) is 5.91 Å². The van der Waals surface area contributed by atoms with Gasteiger partial charge in [-0.05, 0) is 13.0 Å². The van der Waals surface area contributed by atoms with E-state index in [2.05, 4.69) is 17.5 Å². The summed E-state index contributed by atoms with van der Waals surface area (Å²) in [4.78, 5) is 27.4. The Morgan fingerprint density at radius 3 is 2.61 bits per heavy atom. The molecular formula is C12H19N4O2+. The van der Waals surface area contributed by atoms with Crippen LogP contribution >= 0.6 is 0 Å². The number of carbonyl (C=O) groups excluding carboxylic acids is 2. The van der Waals surface area contributed by atoms with Crippen LogP contribution in [0.4, 0.5) is 0 Å². The molecule has 1 aromatic heterocycles. The van der Waals surface area contributed by atoms with Crippen LogP contribution < -0.4 is 10.3 Å². The van der Waals surface area contributed by atoms with Gasteiger partial charge in [-0.1, -0.05) is 0 Å². The van der Waals surface area contributed by atoms with E-state index in [1.165, 1.54) is 11.8 Å². The Kier molecular flexibility index (Phi) is 3.78. The number of H-pyrrole nitrogens is 1. The fourth-order valence-electron chi connectivity index (χ4n) is 1.93. The first-order chi connectivity index (χ1) is 8.56. The number of aromatic amines is 1. The maximum Gasteiger partial charge on any atom is 0.282 e. The molecule has 1 saturated heterocycles. The van der Waals surface area contributed by atoms with Crippen LogP contribution in [0.25, 0.3) is 0 Å². The Hall–Kier alpha value is -1.66. The van der Waals surface area contributed by atoms with E-state index in [1.807, 2.05) is 5.01 Å². The third kappa shape index (κ3) is 2.96. The molecule has 0 aromatic carbocycles. The van der Waals surface area contributed by atoms with Gasteiger partial charge >= 0.3 is 0 Å². The summed E-state index contributed by atoms with van der Waals surface area (Å²) < 4.78 is 0. The van der Waals surface area contributed by atoms with Gasteiger partial charge in [-0.25, -0.2) is 5.01 Å². The summed E-state index contributed by atoms with van der Waals surface area (Å²) in [5.41, 5.74) is 3.80. The molecule has 1 fully saturated rings. The van der Waals surface area contributed by atoms with Crippen molar-refractivity contribution in [1.82, 2.24) is 15.4 Å². The second kappa shape index (κ2) is 5.32. The number of amides is 1. The molecule has 1 aliphatic rings. The van der Waals surface area contributed by atoms with E-state index in [0.717, 1.165) is 26.2 Å². The average molecular weight is 251 g/mol. The van der Waals surface area contributed by atoms with Gasteiger partial charge in [0.2, 0.25) is 0 Å². The molecule has 18 heavy (non-hydrogen) atoms. The third-order valence-electron chi connectivity index (χ3n) is 3.21. The second-order valence-corrected chi connectivity index (χ2v) is 4.74. The van der Waals surface area contributed by atoms with Gasteiger partial charge in [0.1, 0.15) is 5.69 Å². The minimum Gasteiger partial charge on any atom is -0.356 e. The van der Waals surface area contributed by atoms with E-state index >= 15 is 0 Å². The first-order valence-electron chi connectivity index (χ1n) is 6.13. The van der Waals surface area contributed by atoms with Crippen molar-refractivity contribution in [2.24, 2.45) is 0 Å². The van der Waals surface area contributed by atoms with Gasteiger partial charge < -0.3 is 9.88 Å². The van der Waals surface area contributed by atoms with E-state index in [0.29, 0.717) is 11.3 Å². The van der Waals surface area contributed by atoms with E-state index in [4.69, 9.17) is 0 Å². The number of carbonyl (C=O) groups is 2. The van der Waals surface area contributed by atoms with Crippen molar-refractivity contribution in [1.29, 1.82) is 0 Å². The number of likely N-dealkylation sites (N-methyl/N-ethyl adjacent to an activating group) is 1. The van der Waals surface area contributed by atoms with E-state index in [-0.39, 0.29) is 11.7 Å². The number of ketones is 1. The number of piperazine rings is 1. The molecule has 0 atom stereocenters. The van der Waals surface area contributed by atoms with Gasteiger partial charge in [-0.15, -0.1) is 0 Å². The van der Waals surface area contributed by atoms with Crippen molar-refractivity contribution in [3.8, 4) is 0 Å². The second-order valence-electron chi connectivity index (χ2n) is 4.74. The maximum absolute atomic E-state index is 11.9. The van der Waals surface area contributed by atoms with E-state index in [9.17, 15) is 9.59 Å². The largest absolute Gasteiger partial charge is 0.356 e. The summed E-state index contributed by atoms with van der Waals surface area (Å²) >= 11 is 0. The van der Waals surface area contributed by atoms with Crippen LogP contribution in [0, 0.1) is 0 Å². The van der Waals surface area contributed by atoms with Crippen LogP contribution in [0.5, 0.6) is 0 Å². The number of Topliss-reactive ketones (excluding diaryl/α,β-unsaturated/α-hetero) is 1. The number of aromatic nitrogens is 1. The molecule has 0 saturated carbocycles. The Bertz CT molecular complexity index is 447. The van der Waals surface area contributed by atoms with Crippen molar-refractivity contribution < 1.29 is 14.5 Å². The molecule has 0 spiro atoms. The standard InChI is InChI=1S/C12H18N4O2/c1-9(17)10-7-11(13-8-10)12(18)14-16-5-3-15(2)4-6-16/h7-8,13H,3-6H2,1-2H3,(H,14,18)/p+1. The molecule has 6 heteroatoms. The molecule has 1 amide bonds. The minimum atomic E-state index is -0.193. The number of rotatable bonds is 3. The smallest absolute Gasteiger partial charge is 0.282 e. The Labute approximate surface area is 106 Å². The Balaban J connectivity index is 1.93. The quantitative estimate of drug-likeness (QED) is 0.584. The molecule has 98 valence electrons. The molecule has 2 rings (SSSR count). The highest BCUT2D eigenvalue weighted by Gasteiger charge is 2.19. The zero-order chi connectivity index (χ0) is 13.1. The van der Waals surface area contributed by atoms with Crippen LogP contribution in [-0.2, 0) is 0 Å². The summed E-state index contributed by atoms with van der Waals surface area (Å²) in [6.45, 7) is 5.21. The molecule has 2 heterocycles. The lowest BCUT2D eigenvalue weighted by atomic mass is 10.2. The van der Waals surface area contributed by atoms with E-state index in [1.54, 1.807) is 12.3 Å². The highest BCUT2D eigenvalue weighted by atomic mass is 16.2. The van der Waals surface area contributed by atoms with Crippen molar-refractivity contribution >= 4 is 11.7 Å². The monoisotopic (exact) mass is 251 g/mol. The summed E-state index contributed by atoms with van der Waals surface area (Å²) in [7, 11) is 2.14. The van der Waals surface area contributed by atoms with Crippen LogP contribution in [0.3, 0.4) is 0 Å². The number of hydrogen-bond donors (Lipinski definition) is 3. The third-order valence-corrected chi connectivity index (χ3v) is 3.21. The maximum atomic E-state index is 11.9. The average Bonchev–Trinajstić information content (AvgIpc) is 2.81. The van der Waals surface area contributed by atoms with Gasteiger partial charge in [0.05, 0.1) is 33.2 Å². The van der Waals surface area contributed by atoms with Crippen LogP contribution in [-0.4, -0.2) is 54.9 Å². The summed E-state index contributed by atoms with van der Waals surface area (Å²) in [5, 5.41) is 1.92. The molecule has 1 aromatic rings. The zero-order valence-corrected chi connectivity index (χ0v) is 10.7. The first-order valence-corrected chi connectivity index (χ1v) is 6.13. The molecule has 3 N–H and O–H groups in total. The number of nitrogens with one attached hydrogen (secondary N) is 3. The lowest BCUT2D eigenvalue weighted by Crippen LogP contribution is -3.12. The highest BCUT2D eigenvalue weighted by Crippen LogP contribution is 2.04. The van der Waals surface area contributed by atoms with Crippen LogP contribution in [0.2, 0.25) is 0 Å².